The van der Waals surface area contributed by atoms with Crippen LogP contribution < -0.4 is 5.32 Å². The van der Waals surface area contributed by atoms with Crippen LogP contribution in [0, 0.1) is 25.2 Å². The molecule has 98 valence electrons. The molecule has 0 saturated carbocycles. The second-order valence-corrected chi connectivity index (χ2v) is 4.44. The zero-order valence-electron chi connectivity index (χ0n) is 11.2. The van der Waals surface area contributed by atoms with E-state index in [1.54, 1.807) is 12.1 Å². The third-order valence-electron chi connectivity index (χ3n) is 2.89. The Morgan fingerprint density at radius 3 is 2.89 bits per heavy atom. The SMILES string of the molecule is Cc1cc(C#N)cc(NCCCn2ccnc2C)n1. The zero-order valence-corrected chi connectivity index (χ0v) is 11.2. The Kier molecular flexibility index (Phi) is 4.14. The standard InChI is InChI=1S/C14H17N5/c1-11-8-13(10-15)9-14(18-11)17-4-3-6-19-7-5-16-12(19)2/h5,7-9H,3-4,6H2,1-2H3,(H,17,18). The monoisotopic (exact) mass is 255 g/mol. The average molecular weight is 255 g/mol. The fourth-order valence-electron chi connectivity index (χ4n) is 1.93. The van der Waals surface area contributed by atoms with Crippen LogP contribution in [0.4, 0.5) is 5.82 Å². The maximum absolute atomic E-state index is 8.90. The van der Waals surface area contributed by atoms with Crippen LogP contribution in [0.15, 0.2) is 24.5 Å². The molecule has 5 nitrogen and oxygen atoms in total. The highest BCUT2D eigenvalue weighted by molar-refractivity contribution is 5.44. The summed E-state index contributed by atoms with van der Waals surface area (Å²) < 4.78 is 2.12. The molecule has 0 amide bonds. The van der Waals surface area contributed by atoms with Gasteiger partial charge in [0.25, 0.3) is 0 Å². The van der Waals surface area contributed by atoms with Crippen LogP contribution in [0.1, 0.15) is 23.5 Å². The lowest BCUT2D eigenvalue weighted by Gasteiger charge is -2.08. The van der Waals surface area contributed by atoms with Gasteiger partial charge in [-0.3, -0.25) is 0 Å². The summed E-state index contributed by atoms with van der Waals surface area (Å²) in [6.45, 7) is 5.63. The maximum Gasteiger partial charge on any atom is 0.127 e. The summed E-state index contributed by atoms with van der Waals surface area (Å²) in [7, 11) is 0. The van der Waals surface area contributed by atoms with E-state index < -0.39 is 0 Å². The number of nitrogens with zero attached hydrogens (tertiary/aromatic N) is 4. The molecular formula is C14H17N5. The first-order valence-electron chi connectivity index (χ1n) is 6.29. The highest BCUT2D eigenvalue weighted by Gasteiger charge is 2.00. The number of anilines is 1. The van der Waals surface area contributed by atoms with Gasteiger partial charge in [0.2, 0.25) is 0 Å². The number of hydrogen-bond acceptors (Lipinski definition) is 4. The van der Waals surface area contributed by atoms with E-state index in [1.165, 1.54) is 0 Å². The second-order valence-electron chi connectivity index (χ2n) is 4.44. The Labute approximate surface area is 112 Å². The van der Waals surface area contributed by atoms with Gasteiger partial charge >= 0.3 is 0 Å². The summed E-state index contributed by atoms with van der Waals surface area (Å²) in [6, 6.07) is 5.69. The van der Waals surface area contributed by atoms with Crippen molar-refractivity contribution < 1.29 is 0 Å². The molecule has 2 aromatic heterocycles. The average Bonchev–Trinajstić information content (AvgIpc) is 2.80. The largest absolute Gasteiger partial charge is 0.370 e. The van der Waals surface area contributed by atoms with Gasteiger partial charge in [-0.05, 0) is 32.4 Å². The number of rotatable bonds is 5. The van der Waals surface area contributed by atoms with Crippen LogP contribution in [0.25, 0.3) is 0 Å². The molecule has 19 heavy (non-hydrogen) atoms. The first kappa shape index (κ1) is 13.1. The number of aryl methyl sites for hydroxylation is 3. The van der Waals surface area contributed by atoms with Crippen molar-refractivity contribution in [2.75, 3.05) is 11.9 Å². The van der Waals surface area contributed by atoms with Crippen molar-refractivity contribution in [1.82, 2.24) is 14.5 Å². The molecule has 0 saturated heterocycles. The van der Waals surface area contributed by atoms with Crippen LogP contribution in [0.2, 0.25) is 0 Å². The normalized spacial score (nSPS) is 10.2. The highest BCUT2D eigenvalue weighted by Crippen LogP contribution is 2.09. The molecule has 0 radical (unpaired) electrons. The van der Waals surface area contributed by atoms with E-state index in [2.05, 4.69) is 25.9 Å². The molecule has 2 rings (SSSR count). The molecule has 0 aliphatic rings. The smallest absolute Gasteiger partial charge is 0.127 e. The van der Waals surface area contributed by atoms with Crippen molar-refractivity contribution in [2.45, 2.75) is 26.8 Å². The molecule has 2 heterocycles. The third kappa shape index (κ3) is 3.55. The number of aromatic nitrogens is 3. The van der Waals surface area contributed by atoms with Gasteiger partial charge in [-0.25, -0.2) is 9.97 Å². The van der Waals surface area contributed by atoms with E-state index in [1.807, 2.05) is 26.2 Å². The van der Waals surface area contributed by atoms with E-state index in [9.17, 15) is 0 Å². The number of pyridine rings is 1. The molecule has 2 aromatic rings. The molecule has 0 fully saturated rings. The minimum atomic E-state index is 0.639. The Morgan fingerprint density at radius 1 is 1.37 bits per heavy atom. The minimum Gasteiger partial charge on any atom is -0.370 e. The van der Waals surface area contributed by atoms with Crippen LogP contribution in [0.5, 0.6) is 0 Å². The molecule has 1 N–H and O–H groups in total. The van der Waals surface area contributed by atoms with Gasteiger partial charge in [0, 0.05) is 31.2 Å². The molecule has 0 spiro atoms. The van der Waals surface area contributed by atoms with Gasteiger partial charge in [-0.1, -0.05) is 0 Å². The number of hydrogen-bond donors (Lipinski definition) is 1. The van der Waals surface area contributed by atoms with Crippen molar-refractivity contribution in [3.8, 4) is 6.07 Å². The second kappa shape index (κ2) is 6.01. The first-order chi connectivity index (χ1) is 9.19. The van der Waals surface area contributed by atoms with E-state index in [4.69, 9.17) is 5.26 Å². The summed E-state index contributed by atoms with van der Waals surface area (Å²) in [5.41, 5.74) is 1.49. The van der Waals surface area contributed by atoms with Crippen LogP contribution in [-0.2, 0) is 6.54 Å². The quantitative estimate of drug-likeness (QED) is 0.832. The van der Waals surface area contributed by atoms with E-state index in [-0.39, 0.29) is 0 Å². The zero-order chi connectivity index (χ0) is 13.7. The molecule has 0 atom stereocenters. The van der Waals surface area contributed by atoms with Gasteiger partial charge in [0.1, 0.15) is 11.6 Å². The predicted molar refractivity (Wildman–Crippen MR) is 73.8 cm³/mol. The van der Waals surface area contributed by atoms with Crippen molar-refractivity contribution in [3.63, 3.8) is 0 Å². The van der Waals surface area contributed by atoms with Crippen molar-refractivity contribution in [1.29, 1.82) is 5.26 Å². The molecule has 5 heteroatoms. The Morgan fingerprint density at radius 2 is 2.21 bits per heavy atom. The molecular weight excluding hydrogens is 238 g/mol. The lowest BCUT2D eigenvalue weighted by molar-refractivity contribution is 0.642. The summed E-state index contributed by atoms with van der Waals surface area (Å²) in [6.07, 6.45) is 4.77. The minimum absolute atomic E-state index is 0.639. The van der Waals surface area contributed by atoms with Crippen molar-refractivity contribution >= 4 is 5.82 Å². The van der Waals surface area contributed by atoms with Gasteiger partial charge in [0.05, 0.1) is 11.6 Å². The third-order valence-corrected chi connectivity index (χ3v) is 2.89. The number of nitrogens with one attached hydrogen (secondary N) is 1. The van der Waals surface area contributed by atoms with Crippen LogP contribution in [-0.4, -0.2) is 21.1 Å². The van der Waals surface area contributed by atoms with Gasteiger partial charge in [0.15, 0.2) is 0 Å². The lowest BCUT2D eigenvalue weighted by atomic mass is 10.2. The Hall–Kier alpha value is -2.35. The summed E-state index contributed by atoms with van der Waals surface area (Å²) >= 11 is 0. The van der Waals surface area contributed by atoms with E-state index >= 15 is 0 Å². The summed E-state index contributed by atoms with van der Waals surface area (Å²) in [5.74, 6) is 1.79. The van der Waals surface area contributed by atoms with Gasteiger partial charge < -0.3 is 9.88 Å². The molecule has 0 aliphatic heterocycles. The Balaban J connectivity index is 1.85. The summed E-state index contributed by atoms with van der Waals surface area (Å²) in [5, 5.41) is 12.1. The molecule has 0 aromatic carbocycles. The van der Waals surface area contributed by atoms with Gasteiger partial charge in [-0.2, -0.15) is 5.26 Å². The fraction of sp³-hybridized carbons (Fsp3) is 0.357. The molecule has 0 unspecified atom stereocenters. The topological polar surface area (TPSA) is 66.5 Å². The number of nitriles is 1. The van der Waals surface area contributed by atoms with Gasteiger partial charge in [-0.15, -0.1) is 0 Å². The Bertz CT molecular complexity index is 594. The van der Waals surface area contributed by atoms with Crippen LogP contribution in [0.3, 0.4) is 0 Å². The maximum atomic E-state index is 8.90. The fourth-order valence-corrected chi connectivity index (χ4v) is 1.93. The predicted octanol–water partition coefficient (Wildman–Crippen LogP) is 2.27. The van der Waals surface area contributed by atoms with Crippen molar-refractivity contribution in [3.05, 3.63) is 41.6 Å². The summed E-state index contributed by atoms with van der Waals surface area (Å²) in [4.78, 5) is 8.53. The molecule has 0 bridgehead atoms. The van der Waals surface area contributed by atoms with E-state index in [0.717, 1.165) is 36.8 Å². The highest BCUT2D eigenvalue weighted by atomic mass is 15.1. The van der Waals surface area contributed by atoms with Crippen molar-refractivity contribution in [2.24, 2.45) is 0 Å². The lowest BCUT2D eigenvalue weighted by Crippen LogP contribution is -2.08. The first-order valence-corrected chi connectivity index (χ1v) is 6.29. The van der Waals surface area contributed by atoms with Crippen LogP contribution >= 0.6 is 0 Å². The molecule has 0 aliphatic carbocycles. The number of imidazole rings is 1. The van der Waals surface area contributed by atoms with E-state index in [0.29, 0.717) is 5.56 Å².